The van der Waals surface area contributed by atoms with Crippen molar-refractivity contribution in [2.45, 2.75) is 32.4 Å². The number of benzene rings is 1. The Labute approximate surface area is 236 Å². The molecule has 10 nitrogen and oxygen atoms in total. The van der Waals surface area contributed by atoms with Gasteiger partial charge in [-0.15, -0.1) is 0 Å². The standard InChI is InChI=1S/C26H23FN6O2.C2HF3O2/c1-26(2,3)22-14-23(32-35-22)31-25(34)30-18-4-5-19(20(27)13-18)21-15-29-24-12-17(8-11-33(21)24)16-6-9-28-10-7-16;3-2(4,5)1(6)7/h4-15H,1-3H3,(H2,30,31,32,34);(H,6,7). The van der Waals surface area contributed by atoms with Crippen molar-refractivity contribution < 1.29 is 36.8 Å². The van der Waals surface area contributed by atoms with Crippen molar-refractivity contribution in [3.63, 3.8) is 0 Å². The Hall–Kier alpha value is -5.27. The molecule has 14 heteroatoms. The first kappa shape index (κ1) is 29.7. The fourth-order valence-electron chi connectivity index (χ4n) is 3.67. The number of aromatic nitrogens is 4. The average Bonchev–Trinajstić information content (AvgIpc) is 3.56. The Morgan fingerprint density at radius 2 is 1.64 bits per heavy atom. The van der Waals surface area contributed by atoms with E-state index in [-0.39, 0.29) is 11.2 Å². The molecule has 4 aromatic heterocycles. The first-order valence-electron chi connectivity index (χ1n) is 12.2. The molecule has 3 N–H and O–H groups in total. The van der Waals surface area contributed by atoms with E-state index in [2.05, 4.69) is 25.8 Å². The third-order valence-corrected chi connectivity index (χ3v) is 5.76. The minimum absolute atomic E-state index is 0.235. The number of fused-ring (bicyclic) bond motifs is 1. The second-order valence-corrected chi connectivity index (χ2v) is 9.93. The number of nitrogens with one attached hydrogen (secondary N) is 2. The lowest BCUT2D eigenvalue weighted by molar-refractivity contribution is -0.192. The van der Waals surface area contributed by atoms with Crippen LogP contribution < -0.4 is 10.6 Å². The van der Waals surface area contributed by atoms with Crippen LogP contribution in [0.4, 0.5) is 33.9 Å². The lowest BCUT2D eigenvalue weighted by Gasteiger charge is -2.12. The SMILES string of the molecule is CC(C)(C)c1cc(NC(=O)Nc2ccc(-c3cnc4cc(-c5ccncc5)ccn34)c(F)c2)no1.O=C(O)C(F)(F)F. The second kappa shape index (κ2) is 11.7. The van der Waals surface area contributed by atoms with Crippen molar-refractivity contribution >= 4 is 29.2 Å². The van der Waals surface area contributed by atoms with E-state index >= 15 is 4.39 Å². The van der Waals surface area contributed by atoms with Crippen LogP contribution in [0, 0.1) is 5.82 Å². The number of anilines is 2. The summed E-state index contributed by atoms with van der Waals surface area (Å²) in [6.45, 7) is 5.93. The Morgan fingerprint density at radius 3 is 2.24 bits per heavy atom. The van der Waals surface area contributed by atoms with Crippen LogP contribution in [0.3, 0.4) is 0 Å². The highest BCUT2D eigenvalue weighted by Crippen LogP contribution is 2.29. The van der Waals surface area contributed by atoms with Gasteiger partial charge in [-0.2, -0.15) is 13.2 Å². The summed E-state index contributed by atoms with van der Waals surface area (Å²) in [4.78, 5) is 29.7. The molecule has 0 bridgehead atoms. The highest BCUT2D eigenvalue weighted by Gasteiger charge is 2.38. The van der Waals surface area contributed by atoms with Crippen LogP contribution in [0.15, 0.2) is 77.8 Å². The summed E-state index contributed by atoms with van der Waals surface area (Å²) >= 11 is 0. The van der Waals surface area contributed by atoms with E-state index in [1.54, 1.807) is 36.8 Å². The van der Waals surface area contributed by atoms with Crippen molar-refractivity contribution in [1.82, 2.24) is 19.5 Å². The summed E-state index contributed by atoms with van der Waals surface area (Å²) in [6.07, 6.45) is 1.87. The van der Waals surface area contributed by atoms with E-state index in [1.807, 2.05) is 55.6 Å². The van der Waals surface area contributed by atoms with Crippen LogP contribution in [0.25, 0.3) is 28.0 Å². The van der Waals surface area contributed by atoms with E-state index < -0.39 is 24.0 Å². The molecule has 5 aromatic rings. The highest BCUT2D eigenvalue weighted by atomic mass is 19.4. The van der Waals surface area contributed by atoms with Gasteiger partial charge in [0.2, 0.25) is 0 Å². The summed E-state index contributed by atoms with van der Waals surface area (Å²) in [5.41, 5.74) is 3.74. The smallest absolute Gasteiger partial charge is 0.475 e. The molecular formula is C28H24F4N6O4. The zero-order chi connectivity index (χ0) is 30.7. The summed E-state index contributed by atoms with van der Waals surface area (Å²) in [6, 6.07) is 13.3. The van der Waals surface area contributed by atoms with Gasteiger partial charge in [0.15, 0.2) is 5.82 Å². The molecule has 1 aromatic carbocycles. The van der Waals surface area contributed by atoms with Crippen LogP contribution >= 0.6 is 0 Å². The quantitative estimate of drug-likeness (QED) is 0.199. The Bertz CT molecular complexity index is 1730. The fourth-order valence-corrected chi connectivity index (χ4v) is 3.67. The third kappa shape index (κ3) is 7.08. The topological polar surface area (TPSA) is 135 Å². The maximum Gasteiger partial charge on any atom is 0.490 e. The van der Waals surface area contributed by atoms with Crippen LogP contribution in [-0.2, 0) is 10.2 Å². The number of alkyl halides is 3. The van der Waals surface area contributed by atoms with Crippen molar-refractivity contribution in [3.05, 3.63) is 84.9 Å². The molecule has 42 heavy (non-hydrogen) atoms. The van der Waals surface area contributed by atoms with Gasteiger partial charge < -0.3 is 14.9 Å². The Kier molecular flexibility index (Phi) is 8.26. The van der Waals surface area contributed by atoms with Crippen molar-refractivity contribution in [2.24, 2.45) is 0 Å². The first-order chi connectivity index (χ1) is 19.7. The number of imidazole rings is 1. The molecule has 218 valence electrons. The minimum Gasteiger partial charge on any atom is -0.475 e. The zero-order valence-electron chi connectivity index (χ0n) is 22.4. The van der Waals surface area contributed by atoms with Gasteiger partial charge in [0.1, 0.15) is 17.2 Å². The summed E-state index contributed by atoms with van der Waals surface area (Å²) in [5, 5.41) is 16.2. The van der Waals surface area contributed by atoms with Gasteiger partial charge in [0.25, 0.3) is 0 Å². The van der Waals surface area contributed by atoms with Gasteiger partial charge in [0.05, 0.1) is 11.9 Å². The maximum atomic E-state index is 15.1. The van der Waals surface area contributed by atoms with Gasteiger partial charge >= 0.3 is 18.2 Å². The number of urea groups is 1. The maximum absolute atomic E-state index is 15.1. The van der Waals surface area contributed by atoms with Gasteiger partial charge in [-0.05, 0) is 53.6 Å². The van der Waals surface area contributed by atoms with Gasteiger partial charge in [-0.25, -0.2) is 19.0 Å². The Morgan fingerprint density at radius 1 is 0.952 bits per heavy atom. The molecule has 0 saturated carbocycles. The number of amides is 2. The zero-order valence-corrected chi connectivity index (χ0v) is 22.4. The number of carboxylic acids is 1. The molecule has 0 aliphatic carbocycles. The van der Waals surface area contributed by atoms with E-state index in [0.717, 1.165) is 11.1 Å². The predicted octanol–water partition coefficient (Wildman–Crippen LogP) is 6.77. The van der Waals surface area contributed by atoms with E-state index in [9.17, 15) is 18.0 Å². The number of rotatable bonds is 4. The molecule has 0 spiro atoms. The van der Waals surface area contributed by atoms with E-state index in [4.69, 9.17) is 14.4 Å². The summed E-state index contributed by atoms with van der Waals surface area (Å²) < 4.78 is 53.9. The van der Waals surface area contributed by atoms with Gasteiger partial charge in [-0.1, -0.05) is 25.9 Å². The number of halogens is 4. The number of hydrogen-bond donors (Lipinski definition) is 3. The van der Waals surface area contributed by atoms with Crippen LogP contribution in [0.5, 0.6) is 0 Å². The molecule has 0 aliphatic rings. The summed E-state index contributed by atoms with van der Waals surface area (Å²) in [7, 11) is 0. The molecule has 0 unspecified atom stereocenters. The summed E-state index contributed by atoms with van der Waals surface area (Å²) in [5.74, 6) is -2.32. The first-order valence-corrected chi connectivity index (χ1v) is 12.2. The number of carboxylic acid groups (broad SMARTS) is 1. The molecule has 2 amide bonds. The normalized spacial score (nSPS) is 11.5. The van der Waals surface area contributed by atoms with E-state index in [1.165, 1.54) is 6.07 Å². The van der Waals surface area contributed by atoms with Crippen molar-refractivity contribution in [1.29, 1.82) is 0 Å². The number of pyridine rings is 2. The van der Waals surface area contributed by atoms with E-state index in [0.29, 0.717) is 28.4 Å². The molecular weight excluding hydrogens is 560 g/mol. The van der Waals surface area contributed by atoms with Crippen LogP contribution in [0.2, 0.25) is 0 Å². The molecule has 0 saturated heterocycles. The van der Waals surface area contributed by atoms with Gasteiger partial charge in [0, 0.05) is 41.3 Å². The average molecular weight is 585 g/mol. The second-order valence-electron chi connectivity index (χ2n) is 9.93. The minimum atomic E-state index is -5.08. The van der Waals surface area contributed by atoms with Crippen molar-refractivity contribution in [3.8, 4) is 22.4 Å². The molecule has 0 atom stereocenters. The fraction of sp³-hybridized carbons (Fsp3) is 0.179. The Balaban J connectivity index is 0.000000517. The van der Waals surface area contributed by atoms with Crippen molar-refractivity contribution in [2.75, 3.05) is 10.6 Å². The number of carbonyl (C=O) groups excluding carboxylic acids is 1. The van der Waals surface area contributed by atoms with Gasteiger partial charge in [-0.3, -0.25) is 14.7 Å². The molecule has 5 rings (SSSR count). The number of hydrogen-bond acceptors (Lipinski definition) is 6. The number of aliphatic carboxylic acids is 1. The molecule has 0 radical (unpaired) electrons. The highest BCUT2D eigenvalue weighted by molar-refractivity contribution is 5.99. The van der Waals surface area contributed by atoms with Crippen LogP contribution in [-0.4, -0.2) is 42.8 Å². The third-order valence-electron chi connectivity index (χ3n) is 5.76. The molecule has 0 aliphatic heterocycles. The lowest BCUT2D eigenvalue weighted by atomic mass is 9.93. The number of nitrogens with zero attached hydrogens (tertiary/aromatic N) is 4. The lowest BCUT2D eigenvalue weighted by Crippen LogP contribution is -2.21. The monoisotopic (exact) mass is 584 g/mol. The molecule has 0 fully saturated rings. The molecule has 4 heterocycles. The number of carbonyl (C=O) groups is 2. The predicted molar refractivity (Wildman–Crippen MR) is 145 cm³/mol. The largest absolute Gasteiger partial charge is 0.490 e. The van der Waals surface area contributed by atoms with Crippen LogP contribution in [0.1, 0.15) is 26.5 Å².